The highest BCUT2D eigenvalue weighted by molar-refractivity contribution is 6.39. The van der Waals surface area contributed by atoms with Crippen molar-refractivity contribution in [1.82, 2.24) is 9.88 Å². The van der Waals surface area contributed by atoms with Gasteiger partial charge in [0.1, 0.15) is 5.82 Å². The molecule has 0 spiro atoms. The Morgan fingerprint density at radius 3 is 2.69 bits per heavy atom. The maximum atomic E-state index is 13.2. The minimum Gasteiger partial charge on any atom is -0.327 e. The second-order valence-corrected chi connectivity index (χ2v) is 6.71. The Hall–Kier alpha value is -2.47. The van der Waals surface area contributed by atoms with Crippen LogP contribution >= 0.6 is 11.6 Å². The Labute approximate surface area is 156 Å². The van der Waals surface area contributed by atoms with Gasteiger partial charge in [0.25, 0.3) is 0 Å². The zero-order chi connectivity index (χ0) is 18.7. The molecule has 1 aliphatic heterocycles. The van der Waals surface area contributed by atoms with Gasteiger partial charge < -0.3 is 10.2 Å². The number of halogens is 2. The first kappa shape index (κ1) is 18.3. The van der Waals surface area contributed by atoms with Crippen LogP contribution in [0.1, 0.15) is 36.6 Å². The summed E-state index contributed by atoms with van der Waals surface area (Å²) in [6.45, 7) is 2.24. The number of likely N-dealkylation sites (tertiary alicyclic amines) is 1. The molecule has 1 aromatic carbocycles. The number of aromatic nitrogens is 1. The molecular formula is C19H19ClFN3O2. The van der Waals surface area contributed by atoms with Crippen molar-refractivity contribution in [1.29, 1.82) is 0 Å². The monoisotopic (exact) mass is 375 g/mol. The van der Waals surface area contributed by atoms with Gasteiger partial charge in [0.15, 0.2) is 0 Å². The topological polar surface area (TPSA) is 62.3 Å². The standard InChI is InChI=1S/C19H19ClFN3O2/c1-12-16(20)10-15(11-22-12)23-18(25)19(26)24-9-3-2-4-17(24)13-5-7-14(21)8-6-13/h5-8,10-11,17H,2-4,9H2,1H3,(H,23,25)/t17-/m0/s1. The van der Waals surface area contributed by atoms with E-state index in [1.807, 2.05) is 0 Å². The number of carbonyl (C=O) groups is 2. The number of hydrogen-bond acceptors (Lipinski definition) is 3. The van der Waals surface area contributed by atoms with Crippen LogP contribution in [0.15, 0.2) is 36.5 Å². The number of rotatable bonds is 2. The third-order valence-electron chi connectivity index (χ3n) is 4.50. The number of amides is 2. The summed E-state index contributed by atoms with van der Waals surface area (Å²) in [6, 6.07) is 7.38. The summed E-state index contributed by atoms with van der Waals surface area (Å²) in [6.07, 6.45) is 3.97. The van der Waals surface area contributed by atoms with Gasteiger partial charge in [-0.1, -0.05) is 23.7 Å². The summed E-state index contributed by atoms with van der Waals surface area (Å²) < 4.78 is 13.2. The lowest BCUT2D eigenvalue weighted by atomic mass is 9.95. The van der Waals surface area contributed by atoms with Crippen molar-refractivity contribution in [2.24, 2.45) is 0 Å². The lowest BCUT2D eigenvalue weighted by Crippen LogP contribution is -2.44. The summed E-state index contributed by atoms with van der Waals surface area (Å²) >= 11 is 6.00. The van der Waals surface area contributed by atoms with Crippen molar-refractivity contribution in [3.63, 3.8) is 0 Å². The predicted octanol–water partition coefficient (Wildman–Crippen LogP) is 3.87. The molecule has 5 nitrogen and oxygen atoms in total. The van der Waals surface area contributed by atoms with E-state index in [2.05, 4.69) is 10.3 Å². The van der Waals surface area contributed by atoms with Crippen LogP contribution in [0.3, 0.4) is 0 Å². The molecule has 1 saturated heterocycles. The van der Waals surface area contributed by atoms with Crippen LogP contribution in [0.5, 0.6) is 0 Å². The van der Waals surface area contributed by atoms with Gasteiger partial charge in [-0.25, -0.2) is 4.39 Å². The van der Waals surface area contributed by atoms with E-state index >= 15 is 0 Å². The molecule has 0 saturated carbocycles. The van der Waals surface area contributed by atoms with Crippen molar-refractivity contribution < 1.29 is 14.0 Å². The Kier molecular flexibility index (Phi) is 5.52. The van der Waals surface area contributed by atoms with Crippen molar-refractivity contribution in [3.05, 3.63) is 58.6 Å². The van der Waals surface area contributed by atoms with Crippen LogP contribution < -0.4 is 5.32 Å². The fourth-order valence-corrected chi connectivity index (χ4v) is 3.26. The van der Waals surface area contributed by atoms with Crippen LogP contribution in [0.2, 0.25) is 5.02 Å². The molecule has 136 valence electrons. The summed E-state index contributed by atoms with van der Waals surface area (Å²) in [5.74, 6) is -1.68. The van der Waals surface area contributed by atoms with Gasteiger partial charge >= 0.3 is 11.8 Å². The number of hydrogen-bond donors (Lipinski definition) is 1. The smallest absolute Gasteiger partial charge is 0.313 e. The van der Waals surface area contributed by atoms with E-state index in [-0.39, 0.29) is 11.9 Å². The van der Waals surface area contributed by atoms with Crippen molar-refractivity contribution >= 4 is 29.1 Å². The average molecular weight is 376 g/mol. The first-order valence-corrected chi connectivity index (χ1v) is 8.83. The molecule has 2 amide bonds. The Morgan fingerprint density at radius 1 is 1.27 bits per heavy atom. The SMILES string of the molecule is Cc1ncc(NC(=O)C(=O)N2CCCC[C@H]2c2ccc(F)cc2)cc1Cl. The molecule has 2 heterocycles. The summed E-state index contributed by atoms with van der Waals surface area (Å²) in [5.41, 5.74) is 1.84. The lowest BCUT2D eigenvalue weighted by Gasteiger charge is -2.35. The van der Waals surface area contributed by atoms with Gasteiger partial charge in [-0.15, -0.1) is 0 Å². The fraction of sp³-hybridized carbons (Fsp3) is 0.316. The Morgan fingerprint density at radius 2 is 2.00 bits per heavy atom. The number of carbonyl (C=O) groups excluding carboxylic acids is 2. The molecule has 1 fully saturated rings. The van der Waals surface area contributed by atoms with Gasteiger partial charge in [-0.2, -0.15) is 0 Å². The number of aryl methyl sites for hydroxylation is 1. The van der Waals surface area contributed by atoms with Crippen LogP contribution in [-0.2, 0) is 9.59 Å². The first-order valence-electron chi connectivity index (χ1n) is 8.45. The largest absolute Gasteiger partial charge is 0.327 e. The zero-order valence-corrected chi connectivity index (χ0v) is 15.1. The number of pyridine rings is 1. The van der Waals surface area contributed by atoms with Crippen LogP contribution in [0, 0.1) is 12.7 Å². The summed E-state index contributed by atoms with van der Waals surface area (Å²) in [5, 5.41) is 2.97. The number of nitrogens with zero attached hydrogens (tertiary/aromatic N) is 2. The van der Waals surface area contributed by atoms with Crippen molar-refractivity contribution in [2.75, 3.05) is 11.9 Å². The third kappa shape index (κ3) is 4.02. The maximum Gasteiger partial charge on any atom is 0.313 e. The van der Waals surface area contributed by atoms with E-state index in [9.17, 15) is 14.0 Å². The first-order chi connectivity index (χ1) is 12.5. The molecule has 2 aromatic rings. The lowest BCUT2D eigenvalue weighted by molar-refractivity contribution is -0.145. The van der Waals surface area contributed by atoms with Gasteiger partial charge in [0.2, 0.25) is 0 Å². The molecule has 0 aliphatic carbocycles. The third-order valence-corrected chi connectivity index (χ3v) is 4.88. The van der Waals surface area contributed by atoms with Crippen molar-refractivity contribution in [2.45, 2.75) is 32.2 Å². The van der Waals surface area contributed by atoms with Gasteiger partial charge in [0.05, 0.1) is 28.6 Å². The van der Waals surface area contributed by atoms with Gasteiger partial charge in [-0.3, -0.25) is 14.6 Å². The molecule has 0 unspecified atom stereocenters. The van der Waals surface area contributed by atoms with Crippen LogP contribution in [0.25, 0.3) is 0 Å². The molecule has 0 bridgehead atoms. The minimum absolute atomic E-state index is 0.234. The number of piperidine rings is 1. The minimum atomic E-state index is -0.735. The Bertz CT molecular complexity index is 826. The molecule has 1 N–H and O–H groups in total. The molecule has 7 heteroatoms. The molecular weight excluding hydrogens is 357 g/mol. The highest BCUT2D eigenvalue weighted by Gasteiger charge is 2.31. The number of nitrogens with one attached hydrogen (secondary N) is 1. The predicted molar refractivity (Wildman–Crippen MR) is 97.3 cm³/mol. The highest BCUT2D eigenvalue weighted by Crippen LogP contribution is 2.31. The molecule has 3 rings (SSSR count). The fourth-order valence-electron chi connectivity index (χ4n) is 3.10. The summed E-state index contributed by atoms with van der Waals surface area (Å²) in [4.78, 5) is 30.7. The normalized spacial score (nSPS) is 17.0. The van der Waals surface area contributed by atoms with Gasteiger partial charge in [0, 0.05) is 6.54 Å². The number of benzene rings is 1. The van der Waals surface area contributed by atoms with Crippen LogP contribution in [0.4, 0.5) is 10.1 Å². The van der Waals surface area contributed by atoms with E-state index < -0.39 is 11.8 Å². The second-order valence-electron chi connectivity index (χ2n) is 6.31. The van der Waals surface area contributed by atoms with E-state index in [1.54, 1.807) is 30.0 Å². The molecule has 1 aromatic heterocycles. The second kappa shape index (κ2) is 7.83. The molecule has 1 atom stereocenters. The van der Waals surface area contributed by atoms with E-state index in [4.69, 9.17) is 11.6 Å². The molecule has 0 radical (unpaired) electrons. The Balaban J connectivity index is 1.76. The quantitative estimate of drug-likeness (QED) is 0.810. The van der Waals surface area contributed by atoms with Crippen LogP contribution in [-0.4, -0.2) is 28.2 Å². The highest BCUT2D eigenvalue weighted by atomic mass is 35.5. The maximum absolute atomic E-state index is 13.2. The van der Waals surface area contributed by atoms with Gasteiger partial charge in [-0.05, 0) is 49.9 Å². The van der Waals surface area contributed by atoms with E-state index in [0.717, 1.165) is 24.8 Å². The van der Waals surface area contributed by atoms with E-state index in [1.165, 1.54) is 18.3 Å². The average Bonchev–Trinajstić information content (AvgIpc) is 2.65. The van der Waals surface area contributed by atoms with E-state index in [0.29, 0.717) is 22.9 Å². The van der Waals surface area contributed by atoms with Crippen molar-refractivity contribution in [3.8, 4) is 0 Å². The zero-order valence-electron chi connectivity index (χ0n) is 14.3. The molecule has 1 aliphatic rings. The molecule has 26 heavy (non-hydrogen) atoms. The summed E-state index contributed by atoms with van der Waals surface area (Å²) in [7, 11) is 0. The number of anilines is 1.